The van der Waals surface area contributed by atoms with Crippen LogP contribution in [-0.4, -0.2) is 46.8 Å². The van der Waals surface area contributed by atoms with Gasteiger partial charge in [-0.25, -0.2) is 0 Å². The molecule has 0 aliphatic heterocycles. The van der Waals surface area contributed by atoms with E-state index in [1.807, 2.05) is 71.3 Å². The predicted octanol–water partition coefficient (Wildman–Crippen LogP) is 4.52. The molecule has 0 fully saturated rings. The number of thioether (sulfide) groups is 1. The number of methoxy groups -OCH3 is 1. The van der Waals surface area contributed by atoms with Crippen molar-refractivity contribution in [1.29, 1.82) is 0 Å². The Kier molecular flexibility index (Phi) is 6.61. The van der Waals surface area contributed by atoms with Gasteiger partial charge in [-0.1, -0.05) is 54.2 Å². The van der Waals surface area contributed by atoms with Gasteiger partial charge >= 0.3 is 0 Å². The van der Waals surface area contributed by atoms with Gasteiger partial charge in [0.15, 0.2) is 11.0 Å². The molecule has 2 aromatic carbocycles. The van der Waals surface area contributed by atoms with Crippen LogP contribution < -0.4 is 4.74 Å². The maximum Gasteiger partial charge on any atom is 0.240 e. The van der Waals surface area contributed by atoms with E-state index in [2.05, 4.69) is 10.2 Å². The molecule has 2 aromatic heterocycles. The van der Waals surface area contributed by atoms with Crippen LogP contribution in [-0.2, 0) is 11.3 Å². The third kappa shape index (κ3) is 4.70. The van der Waals surface area contributed by atoms with Crippen LogP contribution in [0.1, 0.15) is 16.6 Å². The number of likely N-dealkylation sites (N-methyl/N-ethyl adjacent to an activating group) is 1. The van der Waals surface area contributed by atoms with Gasteiger partial charge in [-0.2, -0.15) is 0 Å². The number of rotatable bonds is 8. The minimum Gasteiger partial charge on any atom is -0.497 e. The third-order valence-corrected chi connectivity index (χ3v) is 6.15. The lowest BCUT2D eigenvalue weighted by molar-refractivity contribution is -0.128. The molecule has 1 amide bonds. The fraction of sp³-hybridized carbons (Fsp3) is 0.208. The summed E-state index contributed by atoms with van der Waals surface area (Å²) in [7, 11) is 5.15. The summed E-state index contributed by atoms with van der Waals surface area (Å²) in [6, 6.07) is 21.1. The number of hydrogen-bond donors (Lipinski definition) is 0. The zero-order valence-electron chi connectivity index (χ0n) is 18.1. The standard InChI is InChI=1S/C24H24N4O3S/c1-27(2)23(29)21(17-9-5-4-6-10-17)32-24-26-25-22(18-11-7-12-19(15-18)30-3)28(24)16-20-13-8-14-31-20/h4-15,21H,16H2,1-3H3. The van der Waals surface area contributed by atoms with Crippen LogP contribution in [0.2, 0.25) is 0 Å². The van der Waals surface area contributed by atoms with E-state index in [4.69, 9.17) is 9.15 Å². The first-order valence-corrected chi connectivity index (χ1v) is 11.0. The summed E-state index contributed by atoms with van der Waals surface area (Å²) < 4.78 is 12.9. The average molecular weight is 449 g/mol. The van der Waals surface area contributed by atoms with Crippen LogP contribution in [0.25, 0.3) is 11.4 Å². The van der Waals surface area contributed by atoms with Crippen molar-refractivity contribution < 1.29 is 13.9 Å². The van der Waals surface area contributed by atoms with Crippen LogP contribution in [0.15, 0.2) is 82.6 Å². The van der Waals surface area contributed by atoms with E-state index in [1.54, 1.807) is 32.4 Å². The number of carbonyl (C=O) groups excluding carboxylic acids is 1. The Morgan fingerprint density at radius 2 is 1.91 bits per heavy atom. The Labute approximate surface area is 191 Å². The molecule has 0 aliphatic carbocycles. The van der Waals surface area contributed by atoms with Gasteiger partial charge < -0.3 is 14.1 Å². The molecule has 8 heteroatoms. The fourth-order valence-corrected chi connectivity index (χ4v) is 4.46. The molecule has 0 aliphatic rings. The molecule has 32 heavy (non-hydrogen) atoms. The number of hydrogen-bond acceptors (Lipinski definition) is 6. The minimum absolute atomic E-state index is 0.0170. The van der Waals surface area contributed by atoms with Crippen LogP contribution in [0.4, 0.5) is 0 Å². The van der Waals surface area contributed by atoms with Gasteiger partial charge in [-0.3, -0.25) is 9.36 Å². The van der Waals surface area contributed by atoms with Crippen molar-refractivity contribution in [1.82, 2.24) is 19.7 Å². The highest BCUT2D eigenvalue weighted by Crippen LogP contribution is 2.37. The van der Waals surface area contributed by atoms with E-state index >= 15 is 0 Å². The fourth-order valence-electron chi connectivity index (χ4n) is 3.28. The lowest BCUT2D eigenvalue weighted by Crippen LogP contribution is -2.27. The van der Waals surface area contributed by atoms with Crippen molar-refractivity contribution in [2.24, 2.45) is 0 Å². The average Bonchev–Trinajstić information content (AvgIpc) is 3.48. The van der Waals surface area contributed by atoms with E-state index in [0.717, 1.165) is 22.6 Å². The Morgan fingerprint density at radius 3 is 2.59 bits per heavy atom. The highest BCUT2D eigenvalue weighted by atomic mass is 32.2. The number of ether oxygens (including phenoxy) is 1. The molecule has 1 atom stereocenters. The molecule has 4 rings (SSSR count). The normalized spacial score (nSPS) is 11.8. The number of nitrogens with zero attached hydrogens (tertiary/aromatic N) is 4. The summed E-state index contributed by atoms with van der Waals surface area (Å²) in [5, 5.41) is 9.09. The first-order valence-electron chi connectivity index (χ1n) is 10.1. The minimum atomic E-state index is -0.455. The summed E-state index contributed by atoms with van der Waals surface area (Å²) in [5.74, 6) is 2.16. The maximum atomic E-state index is 13.0. The topological polar surface area (TPSA) is 73.4 Å². The second-order valence-corrected chi connectivity index (χ2v) is 8.42. The molecular weight excluding hydrogens is 424 g/mol. The van der Waals surface area contributed by atoms with Gasteiger partial charge in [0.2, 0.25) is 5.91 Å². The lowest BCUT2D eigenvalue weighted by Gasteiger charge is -2.20. The molecule has 0 radical (unpaired) electrons. The number of carbonyl (C=O) groups is 1. The van der Waals surface area contributed by atoms with Crippen molar-refractivity contribution >= 4 is 17.7 Å². The molecule has 164 valence electrons. The van der Waals surface area contributed by atoms with Crippen molar-refractivity contribution in [3.63, 3.8) is 0 Å². The van der Waals surface area contributed by atoms with E-state index < -0.39 is 5.25 Å². The van der Waals surface area contributed by atoms with Crippen molar-refractivity contribution in [3.05, 3.63) is 84.3 Å². The van der Waals surface area contributed by atoms with Gasteiger partial charge in [0.05, 0.1) is 19.9 Å². The predicted molar refractivity (Wildman–Crippen MR) is 124 cm³/mol. The molecule has 7 nitrogen and oxygen atoms in total. The van der Waals surface area contributed by atoms with Gasteiger partial charge in [0, 0.05) is 19.7 Å². The second-order valence-electron chi connectivity index (χ2n) is 7.34. The Balaban J connectivity index is 1.77. The molecule has 0 spiro atoms. The Bertz CT molecular complexity index is 1170. The van der Waals surface area contributed by atoms with Gasteiger partial charge in [0.25, 0.3) is 0 Å². The second kappa shape index (κ2) is 9.74. The van der Waals surface area contributed by atoms with E-state index in [1.165, 1.54) is 11.8 Å². The summed E-state index contributed by atoms with van der Waals surface area (Å²) in [4.78, 5) is 14.6. The van der Waals surface area contributed by atoms with E-state index in [-0.39, 0.29) is 5.91 Å². The van der Waals surface area contributed by atoms with Crippen molar-refractivity contribution in [2.45, 2.75) is 17.0 Å². The number of amides is 1. The SMILES string of the molecule is COc1cccc(-c2nnc(SC(C(=O)N(C)C)c3ccccc3)n2Cc2ccco2)c1. The summed E-state index contributed by atoms with van der Waals surface area (Å²) in [6.07, 6.45) is 1.64. The smallest absolute Gasteiger partial charge is 0.240 e. The van der Waals surface area contributed by atoms with Crippen molar-refractivity contribution in [3.8, 4) is 17.1 Å². The molecule has 4 aromatic rings. The van der Waals surface area contributed by atoms with Gasteiger partial charge in [0.1, 0.15) is 16.8 Å². The molecule has 0 saturated carbocycles. The highest BCUT2D eigenvalue weighted by Gasteiger charge is 2.27. The third-order valence-electron chi connectivity index (χ3n) is 4.93. The van der Waals surface area contributed by atoms with E-state index in [0.29, 0.717) is 17.5 Å². The summed E-state index contributed by atoms with van der Waals surface area (Å²) in [5.41, 5.74) is 1.78. The number of benzene rings is 2. The zero-order chi connectivity index (χ0) is 22.5. The summed E-state index contributed by atoms with van der Waals surface area (Å²) >= 11 is 1.38. The first-order chi connectivity index (χ1) is 15.6. The van der Waals surface area contributed by atoms with Crippen LogP contribution >= 0.6 is 11.8 Å². The molecule has 0 bridgehead atoms. The number of aromatic nitrogens is 3. The quantitative estimate of drug-likeness (QED) is 0.369. The monoisotopic (exact) mass is 448 g/mol. The highest BCUT2D eigenvalue weighted by molar-refractivity contribution is 8.00. The van der Waals surface area contributed by atoms with E-state index in [9.17, 15) is 4.79 Å². The molecule has 1 unspecified atom stereocenters. The van der Waals surface area contributed by atoms with Crippen LogP contribution in [0, 0.1) is 0 Å². The van der Waals surface area contributed by atoms with Gasteiger partial charge in [-0.05, 0) is 29.8 Å². The van der Waals surface area contributed by atoms with Crippen molar-refractivity contribution in [2.75, 3.05) is 21.2 Å². The Hall–Kier alpha value is -3.52. The summed E-state index contributed by atoms with van der Waals surface area (Å²) in [6.45, 7) is 0.437. The number of furan rings is 1. The van der Waals surface area contributed by atoms with Crippen LogP contribution in [0.5, 0.6) is 5.75 Å². The first kappa shape index (κ1) is 21.7. The Morgan fingerprint density at radius 1 is 1.09 bits per heavy atom. The maximum absolute atomic E-state index is 13.0. The molecule has 0 N–H and O–H groups in total. The zero-order valence-corrected chi connectivity index (χ0v) is 19.0. The largest absolute Gasteiger partial charge is 0.497 e. The van der Waals surface area contributed by atoms with Gasteiger partial charge in [-0.15, -0.1) is 10.2 Å². The van der Waals surface area contributed by atoms with Crippen LogP contribution in [0.3, 0.4) is 0 Å². The molecule has 0 saturated heterocycles. The molecular formula is C24H24N4O3S. The molecule has 2 heterocycles. The lowest BCUT2D eigenvalue weighted by atomic mass is 10.1.